The average Bonchev–Trinajstić information content (AvgIpc) is 2.63. The molecule has 5 atom stereocenters. The first kappa shape index (κ1) is 28.2. The van der Waals surface area contributed by atoms with Crippen LogP contribution in [-0.2, 0) is 52.4 Å². The fourth-order valence-corrected chi connectivity index (χ4v) is 3.12. The van der Waals surface area contributed by atoms with Gasteiger partial charge in [-0.2, -0.15) is 0 Å². The molecular formula is C20H29IO11. The molecule has 0 N–H and O–H groups in total. The Kier molecular flexibility index (Phi) is 11.0. The second kappa shape index (κ2) is 12.4. The summed E-state index contributed by atoms with van der Waals surface area (Å²) in [6.07, 6.45) is -5.83. The lowest BCUT2D eigenvalue weighted by Gasteiger charge is -2.44. The fourth-order valence-electron chi connectivity index (χ4n) is 2.85. The first-order valence-corrected chi connectivity index (χ1v) is 10.9. The van der Waals surface area contributed by atoms with E-state index >= 15 is 0 Å². The normalized spacial score (nSPS) is 25.4. The van der Waals surface area contributed by atoms with Crippen LogP contribution in [0.3, 0.4) is 0 Å². The standard InChI is InChI=1S/C20H29IO11/c1-10(22)28-9-14-15(29-11(2)23)16(30-12(3)24)17(31-13(4)25)18(32-14)27-8-7-20(5,6)19(21)26/h14-18H,7-9H2,1-6H3/t14-,15+,16+,17-,18-/m1/s1. The van der Waals surface area contributed by atoms with Crippen molar-refractivity contribution in [3.8, 4) is 0 Å². The van der Waals surface area contributed by atoms with Crippen LogP contribution in [0.4, 0.5) is 0 Å². The van der Waals surface area contributed by atoms with E-state index in [9.17, 15) is 24.0 Å². The number of ether oxygens (including phenoxy) is 6. The van der Waals surface area contributed by atoms with Gasteiger partial charge in [-0.05, 0) is 6.42 Å². The van der Waals surface area contributed by atoms with Crippen molar-refractivity contribution >= 4 is 50.3 Å². The number of rotatable bonds is 10. The molecule has 11 nitrogen and oxygen atoms in total. The number of hydrogen-bond acceptors (Lipinski definition) is 11. The third-order valence-corrected chi connectivity index (χ3v) is 5.95. The van der Waals surface area contributed by atoms with Crippen LogP contribution in [0, 0.1) is 5.41 Å². The van der Waals surface area contributed by atoms with Crippen molar-refractivity contribution in [1.29, 1.82) is 0 Å². The van der Waals surface area contributed by atoms with Gasteiger partial charge < -0.3 is 28.4 Å². The van der Waals surface area contributed by atoms with Crippen LogP contribution in [0.1, 0.15) is 48.0 Å². The third-order valence-electron chi connectivity index (χ3n) is 4.49. The van der Waals surface area contributed by atoms with Crippen LogP contribution >= 0.6 is 22.6 Å². The summed E-state index contributed by atoms with van der Waals surface area (Å²) in [6.45, 7) is 7.80. The van der Waals surface area contributed by atoms with E-state index in [1.54, 1.807) is 36.4 Å². The van der Waals surface area contributed by atoms with E-state index in [4.69, 9.17) is 28.4 Å². The van der Waals surface area contributed by atoms with Gasteiger partial charge in [0.15, 0.2) is 28.4 Å². The molecule has 1 fully saturated rings. The Hall–Kier alpha value is -1.80. The molecule has 0 bridgehead atoms. The number of hydrogen-bond donors (Lipinski definition) is 0. The summed E-state index contributed by atoms with van der Waals surface area (Å²) >= 11 is 1.70. The molecule has 12 heteroatoms. The monoisotopic (exact) mass is 572 g/mol. The quantitative estimate of drug-likeness (QED) is 0.163. The lowest BCUT2D eigenvalue weighted by molar-refractivity contribution is -0.308. The average molecular weight is 572 g/mol. The molecule has 0 aliphatic carbocycles. The number of carbonyl (C=O) groups is 5. The van der Waals surface area contributed by atoms with Gasteiger partial charge in [-0.15, -0.1) is 0 Å². The van der Waals surface area contributed by atoms with Crippen LogP contribution in [0.15, 0.2) is 0 Å². The highest BCUT2D eigenvalue weighted by molar-refractivity contribution is 14.1. The Bertz CT molecular complexity index is 720. The summed E-state index contributed by atoms with van der Waals surface area (Å²) in [5.74, 6) is -2.77. The zero-order valence-corrected chi connectivity index (χ0v) is 21.0. The Labute approximate surface area is 199 Å². The van der Waals surface area contributed by atoms with Crippen LogP contribution < -0.4 is 0 Å². The van der Waals surface area contributed by atoms with E-state index in [-0.39, 0.29) is 17.0 Å². The van der Waals surface area contributed by atoms with Gasteiger partial charge in [0.25, 0.3) is 0 Å². The van der Waals surface area contributed by atoms with Gasteiger partial charge in [-0.3, -0.25) is 24.0 Å². The van der Waals surface area contributed by atoms with Gasteiger partial charge in [0.1, 0.15) is 12.7 Å². The summed E-state index contributed by atoms with van der Waals surface area (Å²) in [5, 5.41) is 0. The predicted octanol–water partition coefficient (Wildman–Crippen LogP) is 1.46. The van der Waals surface area contributed by atoms with Crippen molar-refractivity contribution in [3.05, 3.63) is 0 Å². The molecule has 1 aliphatic heterocycles. The van der Waals surface area contributed by atoms with Gasteiger partial charge in [-0.1, -0.05) is 13.8 Å². The summed E-state index contributed by atoms with van der Waals surface area (Å²) in [4.78, 5) is 58.3. The van der Waals surface area contributed by atoms with Crippen molar-refractivity contribution in [3.63, 3.8) is 0 Å². The largest absolute Gasteiger partial charge is 0.463 e. The molecule has 0 aromatic rings. The first-order valence-electron chi connectivity index (χ1n) is 9.86. The van der Waals surface area contributed by atoms with E-state index in [0.29, 0.717) is 6.42 Å². The van der Waals surface area contributed by atoms with E-state index in [1.165, 1.54) is 6.92 Å². The van der Waals surface area contributed by atoms with Gasteiger partial charge >= 0.3 is 23.9 Å². The highest BCUT2D eigenvalue weighted by Gasteiger charge is 2.52. The molecule has 0 radical (unpaired) electrons. The molecule has 1 aliphatic rings. The molecular weight excluding hydrogens is 543 g/mol. The molecule has 0 aromatic heterocycles. The summed E-state index contributed by atoms with van der Waals surface area (Å²) < 4.78 is 32.4. The topological polar surface area (TPSA) is 141 Å². The molecule has 0 amide bonds. The molecule has 32 heavy (non-hydrogen) atoms. The summed E-state index contributed by atoms with van der Waals surface area (Å²) in [6, 6.07) is 0. The van der Waals surface area contributed by atoms with E-state index in [0.717, 1.165) is 20.8 Å². The second-order valence-corrected chi connectivity index (χ2v) is 8.83. The van der Waals surface area contributed by atoms with Crippen molar-refractivity contribution < 1.29 is 52.4 Å². The van der Waals surface area contributed by atoms with Crippen molar-refractivity contribution in [2.75, 3.05) is 13.2 Å². The van der Waals surface area contributed by atoms with E-state index in [1.807, 2.05) is 0 Å². The maximum absolute atomic E-state index is 11.8. The summed E-state index contributed by atoms with van der Waals surface area (Å²) in [7, 11) is 0. The zero-order valence-electron chi connectivity index (χ0n) is 18.9. The predicted molar refractivity (Wildman–Crippen MR) is 115 cm³/mol. The van der Waals surface area contributed by atoms with Crippen LogP contribution in [0.5, 0.6) is 0 Å². The van der Waals surface area contributed by atoms with Crippen molar-refractivity contribution in [2.24, 2.45) is 5.41 Å². The number of carbonyl (C=O) groups excluding carboxylic acids is 5. The van der Waals surface area contributed by atoms with Crippen molar-refractivity contribution in [2.45, 2.75) is 78.7 Å². The molecule has 0 saturated carbocycles. The van der Waals surface area contributed by atoms with Gasteiger partial charge in [-0.25, -0.2) is 0 Å². The minimum atomic E-state index is -1.29. The van der Waals surface area contributed by atoms with E-state index in [2.05, 4.69) is 0 Å². The SMILES string of the molecule is CC(=O)OC[C@H]1O[C@@H](OCCC(C)(C)C(=O)I)[C@H](OC(C)=O)[C@@H](OC(C)=O)[C@H]1OC(C)=O. The van der Waals surface area contributed by atoms with Crippen LogP contribution in [-0.4, -0.2) is 71.6 Å². The van der Waals surface area contributed by atoms with E-state index < -0.39 is 60.0 Å². The summed E-state index contributed by atoms with van der Waals surface area (Å²) in [5.41, 5.74) is -0.682. The minimum absolute atomic E-state index is 0.0372. The van der Waals surface area contributed by atoms with Crippen LogP contribution in [0.25, 0.3) is 0 Å². The second-order valence-electron chi connectivity index (χ2n) is 7.85. The molecule has 1 saturated heterocycles. The molecule has 1 heterocycles. The highest BCUT2D eigenvalue weighted by atomic mass is 127. The third kappa shape index (κ3) is 8.98. The molecule has 0 unspecified atom stereocenters. The van der Waals surface area contributed by atoms with Crippen LogP contribution in [0.2, 0.25) is 0 Å². The molecule has 0 aromatic carbocycles. The number of halogens is 1. The maximum Gasteiger partial charge on any atom is 0.303 e. The number of esters is 4. The first-order chi connectivity index (χ1) is 14.7. The molecule has 1 rings (SSSR count). The van der Waals surface area contributed by atoms with Gasteiger partial charge in [0.05, 0.1) is 6.61 Å². The molecule has 0 spiro atoms. The Balaban J connectivity index is 3.23. The highest BCUT2D eigenvalue weighted by Crippen LogP contribution is 2.31. The lowest BCUT2D eigenvalue weighted by atomic mass is 9.92. The fraction of sp³-hybridized carbons (Fsp3) is 0.750. The van der Waals surface area contributed by atoms with Gasteiger partial charge in [0.2, 0.25) is 0 Å². The lowest BCUT2D eigenvalue weighted by Crippen LogP contribution is -2.63. The van der Waals surface area contributed by atoms with Gasteiger partial charge in [0, 0.05) is 55.7 Å². The minimum Gasteiger partial charge on any atom is -0.463 e. The van der Waals surface area contributed by atoms with Crippen molar-refractivity contribution in [1.82, 2.24) is 0 Å². The smallest absolute Gasteiger partial charge is 0.303 e. The zero-order chi connectivity index (χ0) is 24.6. The molecule has 182 valence electrons. The Morgan fingerprint density at radius 3 is 1.78 bits per heavy atom. The Morgan fingerprint density at radius 2 is 1.31 bits per heavy atom. The maximum atomic E-state index is 11.8. The Morgan fingerprint density at radius 1 is 0.812 bits per heavy atom.